The van der Waals surface area contributed by atoms with Gasteiger partial charge in [0, 0.05) is 34.4 Å². The molecule has 0 saturated heterocycles. The third kappa shape index (κ3) is 3.61. The van der Waals surface area contributed by atoms with Crippen LogP contribution < -0.4 is 5.32 Å². The van der Waals surface area contributed by atoms with Crippen molar-refractivity contribution in [1.29, 1.82) is 0 Å². The zero-order valence-electron chi connectivity index (χ0n) is 11.0. The molecule has 0 bridgehead atoms. The maximum absolute atomic E-state index is 14.1. The lowest BCUT2D eigenvalue weighted by molar-refractivity contribution is 0.469. The Hall–Kier alpha value is -1.33. The fourth-order valence-electron chi connectivity index (χ4n) is 2.14. The van der Waals surface area contributed by atoms with Gasteiger partial charge in [-0.2, -0.15) is 0 Å². The molecule has 2 aromatic rings. The van der Waals surface area contributed by atoms with Crippen molar-refractivity contribution in [3.63, 3.8) is 0 Å². The minimum atomic E-state index is -0.557. The van der Waals surface area contributed by atoms with Gasteiger partial charge in [-0.1, -0.05) is 28.9 Å². The smallest absolute Gasteiger partial charge is 0.132 e. The van der Waals surface area contributed by atoms with Crippen LogP contribution in [0.4, 0.5) is 8.78 Å². The number of hydrogen-bond donors (Lipinski definition) is 1. The molecule has 0 fully saturated rings. The zero-order chi connectivity index (χ0) is 14.5. The number of aromatic nitrogens is 1. The number of nitrogens with one attached hydrogen (secondary N) is 1. The Kier molecular flexibility index (Phi) is 5.20. The van der Waals surface area contributed by atoms with Gasteiger partial charge in [0.05, 0.1) is 0 Å². The fraction of sp³-hybridized carbons (Fsp3) is 0.267. The highest BCUT2D eigenvalue weighted by atomic mass is 79.9. The molecule has 0 amide bonds. The number of halogens is 3. The molecule has 0 aliphatic heterocycles. The molecule has 1 aromatic carbocycles. The first-order valence-electron chi connectivity index (χ1n) is 6.39. The van der Waals surface area contributed by atoms with E-state index < -0.39 is 17.7 Å². The molecule has 1 atom stereocenters. The summed E-state index contributed by atoms with van der Waals surface area (Å²) < 4.78 is 28.5. The minimum Gasteiger partial charge on any atom is -0.310 e. The summed E-state index contributed by atoms with van der Waals surface area (Å²) >= 11 is 3.09. The SMILES string of the molecule is CCNC(Cc1ccccn1)c1c(F)cc(Br)cc1F. The minimum absolute atomic E-state index is 0.0562. The Morgan fingerprint density at radius 3 is 2.50 bits per heavy atom. The average Bonchev–Trinajstić information content (AvgIpc) is 2.39. The van der Waals surface area contributed by atoms with Crippen molar-refractivity contribution in [2.45, 2.75) is 19.4 Å². The van der Waals surface area contributed by atoms with E-state index in [4.69, 9.17) is 0 Å². The van der Waals surface area contributed by atoms with Crippen LogP contribution in [0.5, 0.6) is 0 Å². The quantitative estimate of drug-likeness (QED) is 0.889. The Morgan fingerprint density at radius 1 is 1.25 bits per heavy atom. The van der Waals surface area contributed by atoms with Crippen molar-refractivity contribution < 1.29 is 8.78 Å². The first-order valence-corrected chi connectivity index (χ1v) is 7.18. The summed E-state index contributed by atoms with van der Waals surface area (Å²) in [5.41, 5.74) is 0.848. The van der Waals surface area contributed by atoms with Crippen molar-refractivity contribution in [2.75, 3.05) is 6.54 Å². The number of nitrogens with zero attached hydrogens (tertiary/aromatic N) is 1. The molecule has 5 heteroatoms. The first kappa shape index (κ1) is 15.1. The lowest BCUT2D eigenvalue weighted by Gasteiger charge is -2.19. The van der Waals surface area contributed by atoms with Crippen LogP contribution in [0.3, 0.4) is 0 Å². The molecular formula is C15H15BrF2N2. The second-order valence-electron chi connectivity index (χ2n) is 4.42. The van der Waals surface area contributed by atoms with Gasteiger partial charge in [0.2, 0.25) is 0 Å². The molecule has 1 N–H and O–H groups in total. The summed E-state index contributed by atoms with van der Waals surface area (Å²) in [5.74, 6) is -1.11. The van der Waals surface area contributed by atoms with Crippen LogP contribution in [0.2, 0.25) is 0 Å². The summed E-state index contributed by atoms with van der Waals surface area (Å²) in [6, 6.07) is 7.64. The normalized spacial score (nSPS) is 12.4. The summed E-state index contributed by atoms with van der Waals surface area (Å²) in [6.07, 6.45) is 2.11. The van der Waals surface area contributed by atoms with Gasteiger partial charge in [0.15, 0.2) is 0 Å². The number of benzene rings is 1. The Morgan fingerprint density at radius 2 is 1.95 bits per heavy atom. The van der Waals surface area contributed by atoms with Crippen LogP contribution in [-0.2, 0) is 6.42 Å². The van der Waals surface area contributed by atoms with Crippen LogP contribution in [0.25, 0.3) is 0 Å². The van der Waals surface area contributed by atoms with E-state index in [9.17, 15) is 8.78 Å². The highest BCUT2D eigenvalue weighted by molar-refractivity contribution is 9.10. The second-order valence-corrected chi connectivity index (χ2v) is 5.33. The van der Waals surface area contributed by atoms with E-state index >= 15 is 0 Å². The molecule has 1 heterocycles. The van der Waals surface area contributed by atoms with Gasteiger partial charge in [0.25, 0.3) is 0 Å². The van der Waals surface area contributed by atoms with E-state index in [-0.39, 0.29) is 5.56 Å². The topological polar surface area (TPSA) is 24.9 Å². The monoisotopic (exact) mass is 340 g/mol. The standard InChI is InChI=1S/C15H15BrF2N2/c1-2-19-14(9-11-5-3-4-6-20-11)15-12(17)7-10(16)8-13(15)18/h3-8,14,19H,2,9H2,1H3. The van der Waals surface area contributed by atoms with Crippen LogP contribution in [0.15, 0.2) is 41.0 Å². The van der Waals surface area contributed by atoms with E-state index in [1.54, 1.807) is 6.20 Å². The van der Waals surface area contributed by atoms with Gasteiger partial charge in [0.1, 0.15) is 11.6 Å². The Bertz CT molecular complexity index is 552. The van der Waals surface area contributed by atoms with Gasteiger partial charge in [-0.25, -0.2) is 8.78 Å². The highest BCUT2D eigenvalue weighted by Crippen LogP contribution is 2.26. The lowest BCUT2D eigenvalue weighted by atomic mass is 10.0. The molecule has 2 rings (SSSR count). The largest absolute Gasteiger partial charge is 0.310 e. The average molecular weight is 341 g/mol. The van der Waals surface area contributed by atoms with Gasteiger partial charge in [-0.15, -0.1) is 0 Å². The van der Waals surface area contributed by atoms with E-state index in [0.29, 0.717) is 17.4 Å². The molecular weight excluding hydrogens is 326 g/mol. The number of likely N-dealkylation sites (N-methyl/N-ethyl adjacent to an activating group) is 1. The van der Waals surface area contributed by atoms with Crippen molar-refractivity contribution in [3.8, 4) is 0 Å². The van der Waals surface area contributed by atoms with Crippen molar-refractivity contribution in [3.05, 3.63) is 63.9 Å². The highest BCUT2D eigenvalue weighted by Gasteiger charge is 2.21. The van der Waals surface area contributed by atoms with Crippen molar-refractivity contribution in [2.24, 2.45) is 0 Å². The van der Waals surface area contributed by atoms with Gasteiger partial charge in [-0.3, -0.25) is 4.98 Å². The summed E-state index contributed by atoms with van der Waals surface area (Å²) in [5, 5.41) is 3.11. The maximum atomic E-state index is 14.1. The van der Waals surface area contributed by atoms with Crippen molar-refractivity contribution in [1.82, 2.24) is 10.3 Å². The predicted molar refractivity (Wildman–Crippen MR) is 78.4 cm³/mol. The van der Waals surface area contributed by atoms with E-state index in [2.05, 4.69) is 26.2 Å². The van der Waals surface area contributed by atoms with Gasteiger partial charge >= 0.3 is 0 Å². The third-order valence-electron chi connectivity index (χ3n) is 2.98. The molecule has 1 unspecified atom stereocenters. The molecule has 0 radical (unpaired) electrons. The maximum Gasteiger partial charge on any atom is 0.132 e. The summed E-state index contributed by atoms with van der Waals surface area (Å²) in [6.45, 7) is 2.52. The van der Waals surface area contributed by atoms with Gasteiger partial charge < -0.3 is 5.32 Å². The summed E-state index contributed by atoms with van der Waals surface area (Å²) in [4.78, 5) is 4.21. The van der Waals surface area contributed by atoms with E-state index in [0.717, 1.165) is 5.69 Å². The fourth-order valence-corrected chi connectivity index (χ4v) is 2.54. The second kappa shape index (κ2) is 6.90. The molecule has 2 nitrogen and oxygen atoms in total. The van der Waals surface area contributed by atoms with Crippen LogP contribution in [0.1, 0.15) is 24.2 Å². The number of pyridine rings is 1. The Balaban J connectivity index is 2.34. The molecule has 20 heavy (non-hydrogen) atoms. The lowest BCUT2D eigenvalue weighted by Crippen LogP contribution is -2.25. The molecule has 106 valence electrons. The van der Waals surface area contributed by atoms with Crippen LogP contribution in [-0.4, -0.2) is 11.5 Å². The zero-order valence-corrected chi connectivity index (χ0v) is 12.6. The molecule has 0 spiro atoms. The van der Waals surface area contributed by atoms with Gasteiger partial charge in [-0.05, 0) is 30.8 Å². The predicted octanol–water partition coefficient (Wildman–Crippen LogP) is 4.02. The first-order chi connectivity index (χ1) is 9.61. The van der Waals surface area contributed by atoms with E-state index in [1.807, 2.05) is 25.1 Å². The van der Waals surface area contributed by atoms with Crippen LogP contribution >= 0.6 is 15.9 Å². The molecule has 0 aliphatic rings. The van der Waals surface area contributed by atoms with Crippen molar-refractivity contribution >= 4 is 15.9 Å². The molecule has 0 aliphatic carbocycles. The summed E-state index contributed by atoms with van der Waals surface area (Å²) in [7, 11) is 0. The number of rotatable bonds is 5. The molecule has 0 saturated carbocycles. The number of hydrogen-bond acceptors (Lipinski definition) is 2. The third-order valence-corrected chi connectivity index (χ3v) is 3.44. The Labute approximate surface area is 125 Å². The van der Waals surface area contributed by atoms with E-state index in [1.165, 1.54) is 12.1 Å². The molecule has 1 aromatic heterocycles. The van der Waals surface area contributed by atoms with Crippen LogP contribution in [0, 0.1) is 11.6 Å².